The molecule has 3 rings (SSSR count). The van der Waals surface area contributed by atoms with E-state index in [0.29, 0.717) is 18.7 Å². The smallest absolute Gasteiger partial charge is 0.256 e. The summed E-state index contributed by atoms with van der Waals surface area (Å²) >= 11 is 0. The Bertz CT molecular complexity index is 541. The van der Waals surface area contributed by atoms with Crippen molar-refractivity contribution in [3.63, 3.8) is 0 Å². The van der Waals surface area contributed by atoms with Crippen molar-refractivity contribution in [1.29, 1.82) is 0 Å². The van der Waals surface area contributed by atoms with Crippen LogP contribution in [0.2, 0.25) is 0 Å². The minimum absolute atomic E-state index is 0.00967. The molecule has 4 nitrogen and oxygen atoms in total. The lowest BCUT2D eigenvalue weighted by Gasteiger charge is -2.25. The quantitative estimate of drug-likeness (QED) is 0.848. The van der Waals surface area contributed by atoms with Crippen molar-refractivity contribution in [3.05, 3.63) is 29.8 Å². The van der Waals surface area contributed by atoms with Gasteiger partial charge in [0.25, 0.3) is 5.91 Å². The van der Waals surface area contributed by atoms with Crippen LogP contribution in [0.4, 0.5) is 5.69 Å². The number of hydrogen-bond acceptors (Lipinski definition) is 2. The third kappa shape index (κ3) is 1.99. The van der Waals surface area contributed by atoms with E-state index in [9.17, 15) is 9.59 Å². The van der Waals surface area contributed by atoms with Crippen molar-refractivity contribution in [3.8, 4) is 0 Å². The van der Waals surface area contributed by atoms with Crippen LogP contribution >= 0.6 is 0 Å². The maximum Gasteiger partial charge on any atom is 0.256 e. The fourth-order valence-corrected chi connectivity index (χ4v) is 3.16. The highest BCUT2D eigenvalue weighted by atomic mass is 16.2. The van der Waals surface area contributed by atoms with Gasteiger partial charge in [-0.1, -0.05) is 25.5 Å². The second-order valence-corrected chi connectivity index (χ2v) is 5.52. The lowest BCUT2D eigenvalue weighted by atomic mass is 10.1. The van der Waals surface area contributed by atoms with Gasteiger partial charge in [-0.3, -0.25) is 9.59 Å². The predicted molar refractivity (Wildman–Crippen MR) is 77.8 cm³/mol. The predicted octanol–water partition coefficient (Wildman–Crippen LogP) is 2.44. The molecule has 0 spiro atoms. The van der Waals surface area contributed by atoms with Crippen molar-refractivity contribution >= 4 is 17.5 Å². The van der Waals surface area contributed by atoms with E-state index >= 15 is 0 Å². The molecule has 0 saturated carbocycles. The molecule has 2 amide bonds. The molecule has 0 aromatic heterocycles. The Morgan fingerprint density at radius 3 is 2.85 bits per heavy atom. The largest absolute Gasteiger partial charge is 0.327 e. The topological polar surface area (TPSA) is 40.6 Å². The van der Waals surface area contributed by atoms with E-state index in [-0.39, 0.29) is 17.9 Å². The molecule has 2 heterocycles. The summed E-state index contributed by atoms with van der Waals surface area (Å²) in [6.07, 6.45) is 3.71. The summed E-state index contributed by atoms with van der Waals surface area (Å²) in [5, 5.41) is 0. The summed E-state index contributed by atoms with van der Waals surface area (Å²) in [5.74, 6) is 0.102. The van der Waals surface area contributed by atoms with Crippen molar-refractivity contribution in [2.24, 2.45) is 0 Å². The Balaban J connectivity index is 2.06. The lowest BCUT2D eigenvalue weighted by molar-refractivity contribution is -0.122. The highest BCUT2D eigenvalue weighted by Crippen LogP contribution is 2.32. The Morgan fingerprint density at radius 1 is 1.25 bits per heavy atom. The van der Waals surface area contributed by atoms with Gasteiger partial charge < -0.3 is 9.80 Å². The van der Waals surface area contributed by atoms with Gasteiger partial charge in [0.1, 0.15) is 6.04 Å². The van der Waals surface area contributed by atoms with E-state index in [1.165, 1.54) is 0 Å². The number of unbranched alkanes of at least 4 members (excludes halogenated alkanes) is 1. The standard InChI is InChI=1S/C16H20N2O2/c1-2-3-10-17-13-8-5-4-7-12(13)15(19)18-11-6-9-14(18)16(17)20/h4-5,7-8,14H,2-3,6,9-11H2,1H3/t14-/m0/s1. The Hall–Kier alpha value is -1.84. The number of para-hydroxylation sites is 1. The number of fused-ring (bicyclic) bond motifs is 2. The fourth-order valence-electron chi connectivity index (χ4n) is 3.16. The molecule has 0 unspecified atom stereocenters. The number of carbonyl (C=O) groups is 2. The number of benzene rings is 1. The van der Waals surface area contributed by atoms with Crippen LogP contribution in [0, 0.1) is 0 Å². The Kier molecular flexibility index (Phi) is 3.47. The van der Waals surface area contributed by atoms with Gasteiger partial charge in [-0.15, -0.1) is 0 Å². The summed E-state index contributed by atoms with van der Waals surface area (Å²) in [4.78, 5) is 29.0. The van der Waals surface area contributed by atoms with Crippen molar-refractivity contribution in [1.82, 2.24) is 4.90 Å². The first-order valence-corrected chi connectivity index (χ1v) is 7.45. The zero-order valence-corrected chi connectivity index (χ0v) is 11.8. The normalized spacial score (nSPS) is 21.8. The van der Waals surface area contributed by atoms with Crippen LogP contribution in [0.1, 0.15) is 43.0 Å². The van der Waals surface area contributed by atoms with Crippen LogP contribution in [0.15, 0.2) is 24.3 Å². The van der Waals surface area contributed by atoms with E-state index in [1.54, 1.807) is 4.90 Å². The monoisotopic (exact) mass is 272 g/mol. The molecule has 20 heavy (non-hydrogen) atoms. The molecular formula is C16H20N2O2. The van der Waals surface area contributed by atoms with Crippen LogP contribution < -0.4 is 4.90 Å². The maximum atomic E-state index is 12.8. The number of nitrogens with zero attached hydrogens (tertiary/aromatic N) is 2. The fraction of sp³-hybridized carbons (Fsp3) is 0.500. The molecule has 1 aromatic carbocycles. The Labute approximate surface area is 119 Å². The van der Waals surface area contributed by atoms with Crippen LogP contribution in [0.25, 0.3) is 0 Å². The number of anilines is 1. The molecule has 2 aliphatic heterocycles. The van der Waals surface area contributed by atoms with Crippen LogP contribution in [-0.4, -0.2) is 35.8 Å². The highest BCUT2D eigenvalue weighted by molar-refractivity contribution is 6.11. The minimum atomic E-state index is -0.258. The molecule has 4 heteroatoms. The number of hydrogen-bond donors (Lipinski definition) is 0. The molecule has 0 radical (unpaired) electrons. The van der Waals surface area contributed by atoms with Crippen molar-refractivity contribution in [2.75, 3.05) is 18.0 Å². The minimum Gasteiger partial charge on any atom is -0.327 e. The molecule has 1 fully saturated rings. The van der Waals surface area contributed by atoms with Gasteiger partial charge in [0, 0.05) is 13.1 Å². The van der Waals surface area contributed by atoms with Crippen LogP contribution in [-0.2, 0) is 4.79 Å². The van der Waals surface area contributed by atoms with Crippen LogP contribution in [0.5, 0.6) is 0 Å². The average Bonchev–Trinajstić information content (AvgIpc) is 2.93. The first-order chi connectivity index (χ1) is 9.74. The van der Waals surface area contributed by atoms with Gasteiger partial charge in [-0.05, 0) is 31.4 Å². The molecule has 1 atom stereocenters. The summed E-state index contributed by atoms with van der Waals surface area (Å²) in [5.41, 5.74) is 1.45. The maximum absolute atomic E-state index is 12.8. The number of carbonyl (C=O) groups excluding carboxylic acids is 2. The van der Waals surface area contributed by atoms with Crippen molar-refractivity contribution in [2.45, 2.75) is 38.6 Å². The van der Waals surface area contributed by atoms with E-state index in [1.807, 2.05) is 29.2 Å². The van der Waals surface area contributed by atoms with Gasteiger partial charge in [0.2, 0.25) is 5.91 Å². The summed E-state index contributed by atoms with van der Waals surface area (Å²) in [7, 11) is 0. The molecule has 2 aliphatic rings. The lowest BCUT2D eigenvalue weighted by Crippen LogP contribution is -2.45. The molecule has 1 aromatic rings. The van der Waals surface area contributed by atoms with Gasteiger partial charge in [0.05, 0.1) is 11.3 Å². The summed E-state index contributed by atoms with van der Waals surface area (Å²) in [6.45, 7) is 3.51. The van der Waals surface area contributed by atoms with Crippen molar-refractivity contribution < 1.29 is 9.59 Å². The second-order valence-electron chi connectivity index (χ2n) is 5.52. The summed E-state index contributed by atoms with van der Waals surface area (Å²) < 4.78 is 0. The molecule has 0 aliphatic carbocycles. The van der Waals surface area contributed by atoms with E-state index in [4.69, 9.17) is 0 Å². The van der Waals surface area contributed by atoms with Gasteiger partial charge >= 0.3 is 0 Å². The second kappa shape index (κ2) is 5.27. The number of amides is 2. The first-order valence-electron chi connectivity index (χ1n) is 7.45. The molecule has 0 N–H and O–H groups in total. The van der Waals surface area contributed by atoms with E-state index in [2.05, 4.69) is 6.92 Å². The van der Waals surface area contributed by atoms with Crippen LogP contribution in [0.3, 0.4) is 0 Å². The molecule has 0 bridgehead atoms. The number of rotatable bonds is 3. The van der Waals surface area contributed by atoms with Gasteiger partial charge in [-0.25, -0.2) is 0 Å². The third-order valence-electron chi connectivity index (χ3n) is 4.23. The molecule has 1 saturated heterocycles. The summed E-state index contributed by atoms with van der Waals surface area (Å²) in [6, 6.07) is 7.24. The zero-order valence-electron chi connectivity index (χ0n) is 11.8. The molecular weight excluding hydrogens is 252 g/mol. The van der Waals surface area contributed by atoms with E-state index in [0.717, 1.165) is 31.4 Å². The van der Waals surface area contributed by atoms with Gasteiger partial charge in [-0.2, -0.15) is 0 Å². The third-order valence-corrected chi connectivity index (χ3v) is 4.23. The molecule has 106 valence electrons. The SMILES string of the molecule is CCCCN1C(=O)[C@@H]2CCCN2C(=O)c2ccccc21. The van der Waals surface area contributed by atoms with Gasteiger partial charge in [0.15, 0.2) is 0 Å². The zero-order chi connectivity index (χ0) is 14.1. The Morgan fingerprint density at radius 2 is 2.05 bits per heavy atom. The average molecular weight is 272 g/mol. The highest BCUT2D eigenvalue weighted by Gasteiger charge is 2.41. The van der Waals surface area contributed by atoms with E-state index < -0.39 is 0 Å². The first kappa shape index (κ1) is 13.2.